The molecule has 1 heterocycles. The first-order valence-corrected chi connectivity index (χ1v) is 7.85. The van der Waals surface area contributed by atoms with Crippen LogP contribution in [0.1, 0.15) is 47.7 Å². The highest BCUT2D eigenvalue weighted by molar-refractivity contribution is 7.10. The van der Waals surface area contributed by atoms with Gasteiger partial charge in [-0.15, -0.1) is 11.3 Å². The van der Waals surface area contributed by atoms with E-state index >= 15 is 0 Å². The highest BCUT2D eigenvalue weighted by Crippen LogP contribution is 2.31. The second-order valence-electron chi connectivity index (χ2n) is 5.84. The second kappa shape index (κ2) is 6.15. The number of carbonyl (C=O) groups is 1. The topological polar surface area (TPSA) is 53.8 Å². The van der Waals surface area contributed by atoms with Crippen LogP contribution < -0.4 is 0 Å². The van der Waals surface area contributed by atoms with Crippen LogP contribution in [-0.4, -0.2) is 10.8 Å². The van der Waals surface area contributed by atoms with Crippen molar-refractivity contribution in [2.45, 2.75) is 32.1 Å². The number of halogens is 2. The van der Waals surface area contributed by atoms with Crippen molar-refractivity contribution in [2.75, 3.05) is 0 Å². The van der Waals surface area contributed by atoms with Gasteiger partial charge in [-0.2, -0.15) is 5.26 Å². The van der Waals surface area contributed by atoms with Gasteiger partial charge in [0.15, 0.2) is 11.7 Å². The zero-order chi connectivity index (χ0) is 16.5. The highest BCUT2D eigenvalue weighted by Gasteiger charge is 2.30. The van der Waals surface area contributed by atoms with Gasteiger partial charge < -0.3 is 0 Å². The van der Waals surface area contributed by atoms with Crippen molar-refractivity contribution < 1.29 is 9.18 Å². The van der Waals surface area contributed by atoms with Crippen LogP contribution in [0.15, 0.2) is 23.6 Å². The molecule has 1 unspecified atom stereocenters. The average Bonchev–Trinajstić information content (AvgIpc) is 2.89. The Morgan fingerprint density at radius 1 is 1.45 bits per heavy atom. The molecule has 0 amide bonds. The molecule has 0 radical (unpaired) electrons. The number of benzene rings is 1. The summed E-state index contributed by atoms with van der Waals surface area (Å²) in [6.45, 7) is 5.97. The Kier molecular flexibility index (Phi) is 4.64. The van der Waals surface area contributed by atoms with Crippen molar-refractivity contribution in [2.24, 2.45) is 0 Å². The second-order valence-corrected chi connectivity index (χ2v) is 7.14. The summed E-state index contributed by atoms with van der Waals surface area (Å²) in [5.41, 5.74) is 0.344. The maximum absolute atomic E-state index is 13.9. The van der Waals surface area contributed by atoms with Crippen LogP contribution in [-0.2, 0) is 5.41 Å². The number of hydrogen-bond donors (Lipinski definition) is 0. The van der Waals surface area contributed by atoms with Crippen molar-refractivity contribution in [3.8, 4) is 6.07 Å². The van der Waals surface area contributed by atoms with Gasteiger partial charge in [0.25, 0.3) is 0 Å². The van der Waals surface area contributed by atoms with Gasteiger partial charge >= 0.3 is 0 Å². The summed E-state index contributed by atoms with van der Waals surface area (Å²) >= 11 is 7.13. The minimum atomic E-state index is -1.16. The Morgan fingerprint density at radius 2 is 2.14 bits per heavy atom. The molecule has 0 aliphatic carbocycles. The van der Waals surface area contributed by atoms with Gasteiger partial charge in [-0.05, 0) is 12.1 Å². The number of Topliss-reactive ketones (excluding diaryl/α,β-unsaturated/α-hetero) is 1. The van der Waals surface area contributed by atoms with Gasteiger partial charge in [0.2, 0.25) is 0 Å². The van der Waals surface area contributed by atoms with Gasteiger partial charge in [-0.25, -0.2) is 9.37 Å². The molecule has 0 aliphatic heterocycles. The average molecular weight is 337 g/mol. The molecule has 0 aliphatic rings. The third-order valence-electron chi connectivity index (χ3n) is 3.14. The normalized spacial score (nSPS) is 12.7. The zero-order valence-electron chi connectivity index (χ0n) is 12.4. The number of aromatic nitrogens is 1. The van der Waals surface area contributed by atoms with Crippen molar-refractivity contribution in [3.63, 3.8) is 0 Å². The van der Waals surface area contributed by atoms with Gasteiger partial charge in [0.05, 0.1) is 22.3 Å². The molecule has 0 saturated heterocycles. The smallest absolute Gasteiger partial charge is 0.191 e. The number of carbonyl (C=O) groups excluding carboxylic acids is 1. The van der Waals surface area contributed by atoms with E-state index in [2.05, 4.69) is 4.98 Å². The van der Waals surface area contributed by atoms with Crippen LogP contribution in [0.25, 0.3) is 0 Å². The van der Waals surface area contributed by atoms with E-state index in [9.17, 15) is 14.4 Å². The Morgan fingerprint density at radius 3 is 2.64 bits per heavy atom. The molecule has 0 N–H and O–H groups in total. The number of thiazole rings is 1. The summed E-state index contributed by atoms with van der Waals surface area (Å²) in [6, 6.07) is 5.90. The van der Waals surface area contributed by atoms with Crippen LogP contribution in [0.4, 0.5) is 4.39 Å². The summed E-state index contributed by atoms with van der Waals surface area (Å²) < 4.78 is 13.9. The lowest BCUT2D eigenvalue weighted by atomic mass is 9.93. The summed E-state index contributed by atoms with van der Waals surface area (Å²) in [5, 5.41) is 11.5. The van der Waals surface area contributed by atoms with E-state index in [-0.39, 0.29) is 16.0 Å². The number of hydrogen-bond acceptors (Lipinski definition) is 4. The number of rotatable bonds is 3. The van der Waals surface area contributed by atoms with E-state index in [1.807, 2.05) is 32.2 Å². The number of nitrogens with zero attached hydrogens (tertiary/aromatic N) is 2. The summed E-state index contributed by atoms with van der Waals surface area (Å²) in [7, 11) is 0. The molecular formula is C16H14ClFN2OS. The fraction of sp³-hybridized carbons (Fsp3) is 0.312. The minimum absolute atomic E-state index is 0.00199. The predicted octanol–water partition coefficient (Wildman–Crippen LogP) is 4.72. The molecule has 22 heavy (non-hydrogen) atoms. The predicted molar refractivity (Wildman–Crippen MR) is 84.9 cm³/mol. The summed E-state index contributed by atoms with van der Waals surface area (Å²) in [6.07, 6.45) is 0. The molecule has 1 atom stereocenters. The van der Waals surface area contributed by atoms with Crippen molar-refractivity contribution >= 4 is 28.7 Å². The number of ketones is 1. The molecule has 0 bridgehead atoms. The fourth-order valence-corrected chi connectivity index (χ4v) is 3.21. The maximum Gasteiger partial charge on any atom is 0.191 e. The SMILES string of the molecule is CC(C)(C)c1csc(C(C#N)C(=O)c2c(F)cccc2Cl)n1. The molecule has 1 aromatic heterocycles. The molecule has 3 nitrogen and oxygen atoms in total. The lowest BCUT2D eigenvalue weighted by molar-refractivity contribution is 0.0975. The van der Waals surface area contributed by atoms with Crippen molar-refractivity contribution in [1.29, 1.82) is 5.26 Å². The maximum atomic E-state index is 13.9. The standard InChI is InChI=1S/C16H14ClFN2OS/c1-16(2,3)12-8-22-15(20-12)9(7-19)14(21)13-10(17)5-4-6-11(13)18/h4-6,8-9H,1-3H3. The molecule has 2 aromatic rings. The summed E-state index contributed by atoms with van der Waals surface area (Å²) in [5.74, 6) is -2.55. The molecule has 0 spiro atoms. The third-order valence-corrected chi connectivity index (χ3v) is 4.36. The van der Waals surface area contributed by atoms with Crippen LogP contribution >= 0.6 is 22.9 Å². The van der Waals surface area contributed by atoms with Gasteiger partial charge in [0.1, 0.15) is 10.8 Å². The first-order chi connectivity index (χ1) is 10.3. The fourth-order valence-electron chi connectivity index (χ4n) is 1.87. The van der Waals surface area contributed by atoms with E-state index in [0.29, 0.717) is 5.01 Å². The lowest BCUT2D eigenvalue weighted by Crippen LogP contribution is -2.15. The molecular weight excluding hydrogens is 323 g/mol. The Balaban J connectivity index is 2.43. The first-order valence-electron chi connectivity index (χ1n) is 6.59. The van der Waals surface area contributed by atoms with Gasteiger partial charge in [-0.1, -0.05) is 38.4 Å². The van der Waals surface area contributed by atoms with Crippen LogP contribution in [0.2, 0.25) is 5.02 Å². The molecule has 2 rings (SSSR count). The van der Waals surface area contributed by atoms with E-state index in [1.165, 1.54) is 23.5 Å². The van der Waals surface area contributed by atoms with Gasteiger partial charge in [-0.3, -0.25) is 4.79 Å². The van der Waals surface area contributed by atoms with Crippen LogP contribution in [0, 0.1) is 17.1 Å². The molecule has 0 saturated carbocycles. The van der Waals surface area contributed by atoms with Crippen molar-refractivity contribution in [1.82, 2.24) is 4.98 Å². The third kappa shape index (κ3) is 3.18. The first kappa shape index (κ1) is 16.6. The highest BCUT2D eigenvalue weighted by atomic mass is 35.5. The zero-order valence-corrected chi connectivity index (χ0v) is 13.9. The molecule has 1 aromatic carbocycles. The van der Waals surface area contributed by atoms with E-state index in [0.717, 1.165) is 11.8 Å². The molecule has 114 valence electrons. The molecule has 6 heteroatoms. The Labute approximate surface area is 137 Å². The Bertz CT molecular complexity index is 738. The van der Waals surface area contributed by atoms with E-state index in [4.69, 9.17) is 11.6 Å². The minimum Gasteiger partial charge on any atom is -0.292 e. The quantitative estimate of drug-likeness (QED) is 0.762. The van der Waals surface area contributed by atoms with Crippen LogP contribution in [0.3, 0.4) is 0 Å². The van der Waals surface area contributed by atoms with E-state index in [1.54, 1.807) is 0 Å². The monoisotopic (exact) mass is 336 g/mol. The lowest BCUT2D eigenvalue weighted by Gasteiger charge is -2.14. The van der Waals surface area contributed by atoms with E-state index < -0.39 is 17.5 Å². The van der Waals surface area contributed by atoms with Gasteiger partial charge in [0, 0.05) is 10.8 Å². The Hall–Kier alpha value is -1.77. The summed E-state index contributed by atoms with van der Waals surface area (Å²) in [4.78, 5) is 16.9. The van der Waals surface area contributed by atoms with Crippen LogP contribution in [0.5, 0.6) is 0 Å². The van der Waals surface area contributed by atoms with Crippen molar-refractivity contribution in [3.05, 3.63) is 50.7 Å². The largest absolute Gasteiger partial charge is 0.292 e. The molecule has 0 fully saturated rings. The number of nitriles is 1.